The van der Waals surface area contributed by atoms with E-state index >= 15 is 0 Å². The summed E-state index contributed by atoms with van der Waals surface area (Å²) in [5.74, 6) is -3.57. The smallest absolute Gasteiger partial charge is 0.408 e. The van der Waals surface area contributed by atoms with E-state index in [-0.39, 0.29) is 58.6 Å². The number of nitrogens with two attached hydrogens (primary N) is 2. The van der Waals surface area contributed by atoms with Crippen LogP contribution in [0.25, 0.3) is 11.2 Å². The Morgan fingerprint density at radius 2 is 1.58 bits per heavy atom. The van der Waals surface area contributed by atoms with Gasteiger partial charge in [0.05, 0.1) is 43.9 Å². The number of carbonyl (C=O) groups excluding carboxylic acids is 7. The lowest BCUT2D eigenvalue weighted by atomic mass is 10.0. The first-order valence-corrected chi connectivity index (χ1v) is 20.1. The van der Waals surface area contributed by atoms with Crippen LogP contribution in [0, 0.1) is 5.92 Å². The summed E-state index contributed by atoms with van der Waals surface area (Å²) >= 11 is 0. The van der Waals surface area contributed by atoms with Gasteiger partial charge in [-0.3, -0.25) is 19.2 Å². The number of nitrogen functional groups attached to an aromatic ring is 2. The highest BCUT2D eigenvalue weighted by atomic mass is 16.6. The summed E-state index contributed by atoms with van der Waals surface area (Å²) in [6, 6.07) is 7.58. The monoisotopic (exact) mass is 886 g/mol. The molecule has 22 nitrogen and oxygen atoms in total. The zero-order valence-electron chi connectivity index (χ0n) is 36.8. The summed E-state index contributed by atoms with van der Waals surface area (Å²) in [5, 5.41) is 13.6. The maximum atomic E-state index is 13.2. The molecule has 9 N–H and O–H groups in total. The van der Waals surface area contributed by atoms with E-state index in [0.717, 1.165) is 0 Å². The standard InChI is InChI=1S/C42H54N12O10/c1-22(2)31(51-41(61)64-42(4,5)6)37(58)47-23(3)35(56)49-29-16-13-25(18-28(29)38(59)62-7)45-17-9-10-30(39(60)63-8)50-36(57)24-11-14-27(15-12-24)54(21-55)20-26-19-46-34-32(48-26)33(43)52-40(44)53-34/h11-16,18-19,21-23,30-31,45H,9-10,17,20H2,1-8H3,(H,47,58)(H,49,56)(H,50,57)(H,51,61)(H4,43,44,46,52,53)/t23-,30-,31-/m0/s1. The summed E-state index contributed by atoms with van der Waals surface area (Å²) in [6.45, 7) is 10.3. The Bertz CT molecular complexity index is 2350. The first kappa shape index (κ1) is 49.0. The van der Waals surface area contributed by atoms with Crippen molar-refractivity contribution in [3.63, 3.8) is 0 Å². The first-order valence-electron chi connectivity index (χ1n) is 20.1. The predicted octanol–water partition coefficient (Wildman–Crippen LogP) is 2.69. The van der Waals surface area contributed by atoms with Crippen LogP contribution >= 0.6 is 0 Å². The van der Waals surface area contributed by atoms with Gasteiger partial charge in [-0.05, 0) is 88.9 Å². The van der Waals surface area contributed by atoms with Crippen LogP contribution < -0.4 is 43.0 Å². The van der Waals surface area contributed by atoms with Gasteiger partial charge in [0.2, 0.25) is 24.2 Å². The molecule has 3 atom stereocenters. The Morgan fingerprint density at radius 3 is 2.20 bits per heavy atom. The van der Waals surface area contributed by atoms with Gasteiger partial charge >= 0.3 is 18.0 Å². The fourth-order valence-corrected chi connectivity index (χ4v) is 6.02. The lowest BCUT2D eigenvalue weighted by Gasteiger charge is -2.26. The first-order chi connectivity index (χ1) is 30.2. The summed E-state index contributed by atoms with van der Waals surface area (Å²) in [7, 11) is 2.39. The highest BCUT2D eigenvalue weighted by molar-refractivity contribution is 6.04. The third-order valence-corrected chi connectivity index (χ3v) is 9.27. The average molecular weight is 887 g/mol. The van der Waals surface area contributed by atoms with Crippen LogP contribution in [0.15, 0.2) is 48.7 Å². The molecule has 2 aromatic carbocycles. The maximum absolute atomic E-state index is 13.2. The molecular formula is C42H54N12O10. The zero-order chi connectivity index (χ0) is 47.3. The van der Waals surface area contributed by atoms with E-state index in [1.165, 1.54) is 56.5 Å². The highest BCUT2D eigenvalue weighted by Crippen LogP contribution is 2.23. The van der Waals surface area contributed by atoms with E-state index in [0.29, 0.717) is 36.4 Å². The number of anilines is 5. The number of esters is 2. The number of benzene rings is 2. The molecular weight excluding hydrogens is 833 g/mol. The van der Waals surface area contributed by atoms with Crippen molar-refractivity contribution in [2.45, 2.75) is 84.7 Å². The van der Waals surface area contributed by atoms with E-state index in [1.54, 1.807) is 52.8 Å². The molecule has 4 rings (SSSR count). The molecule has 0 saturated heterocycles. The molecule has 0 unspecified atom stereocenters. The van der Waals surface area contributed by atoms with Crippen LogP contribution in [0.5, 0.6) is 0 Å². The quantitative estimate of drug-likeness (QED) is 0.0308. The fraction of sp³-hybridized carbons (Fsp3) is 0.405. The number of aromatic nitrogens is 4. The molecule has 0 aliphatic rings. The van der Waals surface area contributed by atoms with Crippen molar-refractivity contribution in [2.75, 3.05) is 47.8 Å². The van der Waals surface area contributed by atoms with E-state index < -0.39 is 59.5 Å². The summed E-state index contributed by atoms with van der Waals surface area (Å²) in [6.07, 6.45) is 1.78. The molecule has 342 valence electrons. The molecule has 2 aromatic heterocycles. The lowest BCUT2D eigenvalue weighted by molar-refractivity contribution is -0.143. The Balaban J connectivity index is 1.33. The van der Waals surface area contributed by atoms with Gasteiger partial charge in [-0.2, -0.15) is 9.97 Å². The highest BCUT2D eigenvalue weighted by Gasteiger charge is 2.30. The van der Waals surface area contributed by atoms with Crippen LogP contribution in [0.1, 0.15) is 80.8 Å². The second-order valence-corrected chi connectivity index (χ2v) is 15.7. The normalized spacial score (nSPS) is 12.5. The van der Waals surface area contributed by atoms with Gasteiger partial charge in [-0.25, -0.2) is 24.4 Å². The van der Waals surface area contributed by atoms with Gasteiger partial charge in [0.25, 0.3) is 5.91 Å². The lowest BCUT2D eigenvalue weighted by Crippen LogP contribution is -2.54. The number of nitrogens with one attached hydrogen (secondary N) is 5. The molecule has 0 radical (unpaired) electrons. The number of hydrogen-bond acceptors (Lipinski definition) is 17. The van der Waals surface area contributed by atoms with Crippen LogP contribution in [-0.2, 0) is 39.9 Å². The third kappa shape index (κ3) is 13.7. The van der Waals surface area contributed by atoms with Crippen molar-refractivity contribution in [2.24, 2.45) is 5.92 Å². The van der Waals surface area contributed by atoms with Gasteiger partial charge < -0.3 is 57.2 Å². The number of hydrogen-bond donors (Lipinski definition) is 7. The Morgan fingerprint density at radius 1 is 0.875 bits per heavy atom. The van der Waals surface area contributed by atoms with Crippen molar-refractivity contribution in [3.8, 4) is 0 Å². The Labute approximate surface area is 369 Å². The van der Waals surface area contributed by atoms with Gasteiger partial charge in [0, 0.05) is 23.5 Å². The molecule has 5 amide bonds. The second-order valence-electron chi connectivity index (χ2n) is 15.7. The van der Waals surface area contributed by atoms with Gasteiger partial charge in [-0.15, -0.1) is 0 Å². The molecule has 0 fully saturated rings. The molecule has 0 spiro atoms. The van der Waals surface area contributed by atoms with E-state index in [2.05, 4.69) is 46.5 Å². The summed E-state index contributed by atoms with van der Waals surface area (Å²) in [4.78, 5) is 107. The van der Waals surface area contributed by atoms with Gasteiger partial charge in [0.15, 0.2) is 17.0 Å². The number of carbonyl (C=O) groups is 7. The molecule has 4 aromatic rings. The molecule has 0 aliphatic carbocycles. The van der Waals surface area contributed by atoms with Crippen LogP contribution in [-0.4, -0.2) is 107 Å². The van der Waals surface area contributed by atoms with Crippen LogP contribution in [0.2, 0.25) is 0 Å². The van der Waals surface area contributed by atoms with Gasteiger partial charge in [-0.1, -0.05) is 13.8 Å². The maximum Gasteiger partial charge on any atom is 0.408 e. The zero-order valence-corrected chi connectivity index (χ0v) is 36.8. The van der Waals surface area contributed by atoms with Crippen LogP contribution in [0.3, 0.4) is 0 Å². The van der Waals surface area contributed by atoms with Crippen molar-refractivity contribution < 1.29 is 47.8 Å². The number of nitrogens with zero attached hydrogens (tertiary/aromatic N) is 5. The van der Waals surface area contributed by atoms with Crippen molar-refractivity contribution >= 4 is 82.2 Å². The minimum Gasteiger partial charge on any atom is -0.467 e. The Kier molecular flexibility index (Phi) is 16.8. The Hall–Kier alpha value is -7.65. The molecule has 0 aliphatic heterocycles. The molecule has 0 saturated carbocycles. The average Bonchev–Trinajstić information content (AvgIpc) is 3.24. The summed E-state index contributed by atoms with van der Waals surface area (Å²) in [5.41, 5.74) is 12.9. The van der Waals surface area contributed by atoms with E-state index in [4.69, 9.17) is 25.7 Å². The number of methoxy groups -OCH3 is 2. The second kappa shape index (κ2) is 21.9. The largest absolute Gasteiger partial charge is 0.467 e. The van der Waals surface area contributed by atoms with Crippen molar-refractivity contribution in [1.82, 2.24) is 35.9 Å². The number of rotatable bonds is 19. The minimum absolute atomic E-state index is 0.0154. The van der Waals surface area contributed by atoms with Crippen LogP contribution in [0.4, 0.5) is 33.6 Å². The third-order valence-electron chi connectivity index (χ3n) is 9.27. The number of amides is 5. The topological polar surface area (TPSA) is 314 Å². The van der Waals surface area contributed by atoms with E-state index in [9.17, 15) is 33.6 Å². The van der Waals surface area contributed by atoms with Crippen molar-refractivity contribution in [3.05, 3.63) is 65.5 Å². The van der Waals surface area contributed by atoms with E-state index in [1.807, 2.05) is 0 Å². The number of alkyl carbamates (subject to hydrolysis) is 1. The fourth-order valence-electron chi connectivity index (χ4n) is 6.02. The number of fused-ring (bicyclic) bond motifs is 1. The SMILES string of the molecule is COC(=O)c1cc(NCCC[C@H](NC(=O)c2ccc(N(C=O)Cc3cnc4nc(N)nc(N)c4n3)cc2)C(=O)OC)ccc1NC(=O)[C@H](C)NC(=O)[C@@H](NC(=O)OC(C)(C)C)C(C)C. The predicted molar refractivity (Wildman–Crippen MR) is 236 cm³/mol. The molecule has 0 bridgehead atoms. The minimum atomic E-state index is -1.07. The molecule has 2 heterocycles. The van der Waals surface area contributed by atoms with Gasteiger partial charge in [0.1, 0.15) is 23.7 Å². The number of ether oxygens (including phenoxy) is 3. The molecule has 64 heavy (non-hydrogen) atoms. The molecule has 22 heteroatoms. The van der Waals surface area contributed by atoms with Crippen molar-refractivity contribution in [1.29, 1.82) is 0 Å². The summed E-state index contributed by atoms with van der Waals surface area (Å²) < 4.78 is 15.1.